The monoisotopic (exact) mass is 325 g/mol. The number of thiophene rings is 1. The minimum absolute atomic E-state index is 0.0197. The highest BCUT2D eigenvalue weighted by Crippen LogP contribution is 2.36. The van der Waals surface area contributed by atoms with Crippen molar-refractivity contribution in [1.82, 2.24) is 0 Å². The molecule has 0 amide bonds. The van der Waals surface area contributed by atoms with Gasteiger partial charge in [-0.3, -0.25) is 4.72 Å². The Bertz CT molecular complexity index is 806. The van der Waals surface area contributed by atoms with Crippen LogP contribution in [0.4, 0.5) is 5.00 Å². The van der Waals surface area contributed by atoms with Crippen LogP contribution in [0.3, 0.4) is 0 Å². The summed E-state index contributed by atoms with van der Waals surface area (Å²) in [5, 5.41) is 11.2. The number of aromatic carboxylic acids is 1. The molecule has 2 aromatic rings. The van der Waals surface area contributed by atoms with Crippen molar-refractivity contribution in [2.24, 2.45) is 0 Å². The molecule has 21 heavy (non-hydrogen) atoms. The topological polar surface area (TPSA) is 83.5 Å². The van der Waals surface area contributed by atoms with E-state index in [1.807, 2.05) is 32.0 Å². The molecule has 0 fully saturated rings. The number of nitrogens with one attached hydrogen (secondary N) is 1. The van der Waals surface area contributed by atoms with Gasteiger partial charge in [0.2, 0.25) is 10.0 Å². The molecule has 0 unspecified atom stereocenters. The Balaban J connectivity index is 2.59. The van der Waals surface area contributed by atoms with Gasteiger partial charge in [0.15, 0.2) is 0 Å². The number of anilines is 1. The van der Waals surface area contributed by atoms with Crippen LogP contribution in [0, 0.1) is 13.8 Å². The number of hydrogen-bond donors (Lipinski definition) is 2. The van der Waals surface area contributed by atoms with Crippen molar-refractivity contribution in [2.45, 2.75) is 13.8 Å². The third-order valence-electron chi connectivity index (χ3n) is 3.10. The standard InChI is InChI=1S/C14H15NO4S2/c1-8-4-5-10(6-9(8)2)11-7-20-13(12(11)14(16)17)15-21(3,18)19/h4-7,15H,1-3H3,(H,16,17). The summed E-state index contributed by atoms with van der Waals surface area (Å²) in [6, 6.07) is 5.65. The highest BCUT2D eigenvalue weighted by atomic mass is 32.2. The zero-order valence-electron chi connectivity index (χ0n) is 11.8. The number of sulfonamides is 1. The van der Waals surface area contributed by atoms with E-state index in [1.54, 1.807) is 5.38 Å². The Hall–Kier alpha value is -1.86. The number of benzene rings is 1. The second kappa shape index (κ2) is 5.50. The fourth-order valence-corrected chi connectivity index (χ4v) is 3.83. The van der Waals surface area contributed by atoms with Gasteiger partial charge in [-0.2, -0.15) is 0 Å². The molecule has 0 aliphatic heterocycles. The van der Waals surface area contributed by atoms with E-state index in [4.69, 9.17) is 0 Å². The van der Waals surface area contributed by atoms with Gasteiger partial charge in [-0.1, -0.05) is 18.2 Å². The molecule has 7 heteroatoms. The molecule has 1 aromatic heterocycles. The number of carbonyl (C=O) groups is 1. The number of hydrogen-bond acceptors (Lipinski definition) is 4. The predicted molar refractivity (Wildman–Crippen MR) is 84.7 cm³/mol. The first-order valence-corrected chi connectivity index (χ1v) is 8.86. The van der Waals surface area contributed by atoms with E-state index in [0.717, 1.165) is 34.3 Å². The first kappa shape index (κ1) is 15.5. The van der Waals surface area contributed by atoms with Crippen LogP contribution in [0.15, 0.2) is 23.6 Å². The quantitative estimate of drug-likeness (QED) is 0.905. The molecule has 2 N–H and O–H groups in total. The van der Waals surface area contributed by atoms with E-state index < -0.39 is 16.0 Å². The van der Waals surface area contributed by atoms with Crippen LogP contribution >= 0.6 is 11.3 Å². The summed E-state index contributed by atoms with van der Waals surface area (Å²) < 4.78 is 24.9. The van der Waals surface area contributed by atoms with Crippen molar-refractivity contribution in [3.05, 3.63) is 40.3 Å². The van der Waals surface area contributed by atoms with Gasteiger partial charge in [0.05, 0.1) is 6.26 Å². The molecule has 0 atom stereocenters. The molecule has 1 aromatic carbocycles. The van der Waals surface area contributed by atoms with Gasteiger partial charge in [0, 0.05) is 10.9 Å². The molecule has 0 aliphatic carbocycles. The second-order valence-corrected chi connectivity index (χ2v) is 7.46. The van der Waals surface area contributed by atoms with Crippen molar-refractivity contribution in [3.8, 4) is 11.1 Å². The molecule has 0 saturated heterocycles. The van der Waals surface area contributed by atoms with E-state index in [0.29, 0.717) is 5.56 Å². The highest BCUT2D eigenvalue weighted by Gasteiger charge is 2.21. The molecule has 0 bridgehead atoms. The Morgan fingerprint density at radius 3 is 2.43 bits per heavy atom. The van der Waals surface area contributed by atoms with Gasteiger partial charge in [0.25, 0.3) is 0 Å². The normalized spacial score (nSPS) is 11.4. The van der Waals surface area contributed by atoms with Crippen LogP contribution in [0.5, 0.6) is 0 Å². The fraction of sp³-hybridized carbons (Fsp3) is 0.214. The van der Waals surface area contributed by atoms with Crippen LogP contribution in [0.2, 0.25) is 0 Å². The molecule has 2 rings (SSSR count). The number of aryl methyl sites for hydroxylation is 2. The molecule has 112 valence electrons. The third-order valence-corrected chi connectivity index (χ3v) is 4.70. The zero-order valence-corrected chi connectivity index (χ0v) is 13.4. The molecule has 0 spiro atoms. The van der Waals surface area contributed by atoms with Crippen molar-refractivity contribution in [1.29, 1.82) is 0 Å². The van der Waals surface area contributed by atoms with Gasteiger partial charge < -0.3 is 5.11 Å². The van der Waals surface area contributed by atoms with E-state index >= 15 is 0 Å². The smallest absolute Gasteiger partial charge is 0.339 e. The van der Waals surface area contributed by atoms with Gasteiger partial charge in [-0.15, -0.1) is 11.3 Å². The maximum absolute atomic E-state index is 11.5. The maximum Gasteiger partial charge on any atom is 0.339 e. The van der Waals surface area contributed by atoms with Crippen molar-refractivity contribution in [3.63, 3.8) is 0 Å². The minimum Gasteiger partial charge on any atom is -0.478 e. The lowest BCUT2D eigenvalue weighted by atomic mass is 9.99. The summed E-state index contributed by atoms with van der Waals surface area (Å²) in [4.78, 5) is 11.5. The largest absolute Gasteiger partial charge is 0.478 e. The van der Waals surface area contributed by atoms with Gasteiger partial charge in [-0.05, 0) is 30.5 Å². The zero-order chi connectivity index (χ0) is 15.8. The molecule has 5 nitrogen and oxygen atoms in total. The average Bonchev–Trinajstić information content (AvgIpc) is 2.74. The number of rotatable bonds is 4. The second-order valence-electron chi connectivity index (χ2n) is 4.83. The molecular weight excluding hydrogens is 310 g/mol. The lowest BCUT2D eigenvalue weighted by molar-refractivity contribution is 0.0699. The van der Waals surface area contributed by atoms with Crippen molar-refractivity contribution >= 4 is 32.3 Å². The van der Waals surface area contributed by atoms with E-state index in [1.165, 1.54) is 0 Å². The number of carboxylic acids is 1. The average molecular weight is 325 g/mol. The molecule has 0 radical (unpaired) electrons. The third kappa shape index (κ3) is 3.43. The van der Waals surface area contributed by atoms with Gasteiger partial charge in [0.1, 0.15) is 10.6 Å². The number of carboxylic acid groups (broad SMARTS) is 1. The first-order valence-electron chi connectivity index (χ1n) is 6.09. The molecule has 0 saturated carbocycles. The summed E-state index contributed by atoms with van der Waals surface area (Å²) in [6.07, 6.45) is 0.994. The Labute approximate surface area is 127 Å². The summed E-state index contributed by atoms with van der Waals surface area (Å²) in [6.45, 7) is 3.92. The summed E-state index contributed by atoms with van der Waals surface area (Å²) in [5.41, 5.74) is 3.41. The lowest BCUT2D eigenvalue weighted by Crippen LogP contribution is -2.11. The summed E-state index contributed by atoms with van der Waals surface area (Å²) in [5.74, 6) is -1.16. The lowest BCUT2D eigenvalue weighted by Gasteiger charge is -2.07. The Morgan fingerprint density at radius 2 is 1.90 bits per heavy atom. The van der Waals surface area contributed by atoms with Gasteiger partial charge in [-0.25, -0.2) is 13.2 Å². The Kier molecular flexibility index (Phi) is 4.06. The summed E-state index contributed by atoms with van der Waals surface area (Å²) >= 11 is 1.07. The maximum atomic E-state index is 11.5. The van der Waals surface area contributed by atoms with Crippen LogP contribution < -0.4 is 4.72 Å². The fourth-order valence-electron chi connectivity index (χ4n) is 1.94. The van der Waals surface area contributed by atoms with E-state index in [-0.39, 0.29) is 10.6 Å². The first-order chi connectivity index (χ1) is 9.69. The Morgan fingerprint density at radius 1 is 1.24 bits per heavy atom. The van der Waals surface area contributed by atoms with Crippen molar-refractivity contribution in [2.75, 3.05) is 11.0 Å². The minimum atomic E-state index is -3.52. The van der Waals surface area contributed by atoms with Crippen LogP contribution in [-0.2, 0) is 10.0 Å². The van der Waals surface area contributed by atoms with Crippen LogP contribution in [0.25, 0.3) is 11.1 Å². The molecule has 0 aliphatic rings. The summed E-state index contributed by atoms with van der Waals surface area (Å²) in [7, 11) is -3.52. The predicted octanol–water partition coefficient (Wildman–Crippen LogP) is 3.10. The SMILES string of the molecule is Cc1ccc(-c2csc(NS(C)(=O)=O)c2C(=O)O)cc1C. The van der Waals surface area contributed by atoms with E-state index in [2.05, 4.69) is 4.72 Å². The molecule has 1 heterocycles. The molecular formula is C14H15NO4S2. The van der Waals surface area contributed by atoms with Crippen molar-refractivity contribution < 1.29 is 18.3 Å². The van der Waals surface area contributed by atoms with Crippen LogP contribution in [-0.4, -0.2) is 25.7 Å². The van der Waals surface area contributed by atoms with Gasteiger partial charge >= 0.3 is 5.97 Å². The van der Waals surface area contributed by atoms with E-state index in [9.17, 15) is 18.3 Å². The van der Waals surface area contributed by atoms with Crippen LogP contribution in [0.1, 0.15) is 21.5 Å². The highest BCUT2D eigenvalue weighted by molar-refractivity contribution is 7.92.